The second-order valence-electron chi connectivity index (χ2n) is 15.4. The minimum atomic E-state index is -0.339. The van der Waals surface area contributed by atoms with Gasteiger partial charge in [-0.3, -0.25) is 0 Å². The lowest BCUT2D eigenvalue weighted by atomic mass is 9.70. The smallest absolute Gasteiger partial charge is 0.123 e. The van der Waals surface area contributed by atoms with E-state index in [9.17, 15) is 17.6 Å². The standard InChI is InChI=1S/C48H38F4N2/c1-28(2)40-27-44(54(36-17-9-32(51)10-18-36)37-19-11-33(52)12-20-37)41-26-42-45-29(23-24-48(42,3)4)25-43(39-22-21-38(40)46(41)47(39)45)53(34-13-5-30(49)6-14-34)35-15-7-31(50)8-16-35/h5-22,25-28H,23-24H2,1-4H3. The number of anilines is 6. The van der Waals surface area contributed by atoms with E-state index in [0.717, 1.165) is 79.5 Å². The van der Waals surface area contributed by atoms with Crippen LogP contribution in [0.4, 0.5) is 51.7 Å². The Bertz CT molecular complexity index is 2590. The van der Waals surface area contributed by atoms with Crippen LogP contribution >= 0.6 is 0 Å². The first-order valence-electron chi connectivity index (χ1n) is 18.4. The zero-order chi connectivity index (χ0) is 37.5. The molecule has 1 aliphatic rings. The van der Waals surface area contributed by atoms with Gasteiger partial charge in [-0.1, -0.05) is 39.8 Å². The Kier molecular flexibility index (Phi) is 7.93. The lowest BCUT2D eigenvalue weighted by Crippen LogP contribution is -2.24. The highest BCUT2D eigenvalue weighted by Crippen LogP contribution is 2.54. The predicted molar refractivity (Wildman–Crippen MR) is 215 cm³/mol. The van der Waals surface area contributed by atoms with Gasteiger partial charge in [0.15, 0.2) is 0 Å². The molecule has 0 spiro atoms. The van der Waals surface area contributed by atoms with Crippen molar-refractivity contribution in [3.63, 3.8) is 0 Å². The van der Waals surface area contributed by atoms with Gasteiger partial charge in [-0.2, -0.15) is 0 Å². The average molecular weight is 719 g/mol. The molecule has 0 unspecified atom stereocenters. The van der Waals surface area contributed by atoms with E-state index in [1.54, 1.807) is 48.5 Å². The van der Waals surface area contributed by atoms with E-state index >= 15 is 0 Å². The highest BCUT2D eigenvalue weighted by atomic mass is 19.1. The molecule has 2 nitrogen and oxygen atoms in total. The molecule has 8 aromatic carbocycles. The molecule has 268 valence electrons. The van der Waals surface area contributed by atoms with Crippen LogP contribution in [-0.2, 0) is 11.8 Å². The van der Waals surface area contributed by atoms with Gasteiger partial charge in [0.25, 0.3) is 0 Å². The highest BCUT2D eigenvalue weighted by molar-refractivity contribution is 6.30. The van der Waals surface area contributed by atoms with E-state index in [1.165, 1.54) is 65.0 Å². The summed E-state index contributed by atoms with van der Waals surface area (Å²) in [6.07, 6.45) is 1.79. The van der Waals surface area contributed by atoms with Crippen LogP contribution in [0.3, 0.4) is 0 Å². The van der Waals surface area contributed by atoms with Crippen molar-refractivity contribution in [2.24, 2.45) is 0 Å². The van der Waals surface area contributed by atoms with Crippen LogP contribution in [0, 0.1) is 23.3 Å². The maximum absolute atomic E-state index is 14.4. The molecule has 8 aromatic rings. The first-order valence-corrected chi connectivity index (χ1v) is 18.4. The fourth-order valence-electron chi connectivity index (χ4n) is 8.55. The van der Waals surface area contributed by atoms with E-state index in [4.69, 9.17) is 0 Å². The first kappa shape index (κ1) is 33.9. The summed E-state index contributed by atoms with van der Waals surface area (Å²) in [5.41, 5.74) is 8.31. The zero-order valence-corrected chi connectivity index (χ0v) is 30.5. The molecule has 9 rings (SSSR count). The van der Waals surface area contributed by atoms with Gasteiger partial charge in [-0.15, -0.1) is 0 Å². The second-order valence-corrected chi connectivity index (χ2v) is 15.4. The molecule has 0 saturated carbocycles. The third-order valence-electron chi connectivity index (χ3n) is 11.3. The molecule has 0 saturated heterocycles. The monoisotopic (exact) mass is 718 g/mol. The van der Waals surface area contributed by atoms with Crippen molar-refractivity contribution in [1.29, 1.82) is 0 Å². The topological polar surface area (TPSA) is 6.48 Å². The largest absolute Gasteiger partial charge is 0.310 e. The van der Waals surface area contributed by atoms with Crippen LogP contribution in [0.15, 0.2) is 127 Å². The number of halogens is 4. The molecule has 0 atom stereocenters. The minimum absolute atomic E-state index is 0.147. The molecule has 0 radical (unpaired) electrons. The van der Waals surface area contributed by atoms with E-state index in [2.05, 4.69) is 67.8 Å². The molecule has 0 heterocycles. The van der Waals surface area contributed by atoms with Crippen LogP contribution in [0.5, 0.6) is 0 Å². The van der Waals surface area contributed by atoms with Crippen molar-refractivity contribution >= 4 is 66.4 Å². The van der Waals surface area contributed by atoms with Gasteiger partial charge in [0.1, 0.15) is 23.3 Å². The molecule has 0 bridgehead atoms. The van der Waals surface area contributed by atoms with Crippen molar-refractivity contribution in [2.75, 3.05) is 9.80 Å². The summed E-state index contributed by atoms with van der Waals surface area (Å²) in [5, 5.41) is 6.67. The van der Waals surface area contributed by atoms with Crippen molar-refractivity contribution in [1.82, 2.24) is 0 Å². The molecule has 0 aromatic heterocycles. The third kappa shape index (κ3) is 5.46. The fraction of sp³-hybridized carbons (Fsp3) is 0.167. The Balaban J connectivity index is 1.45. The van der Waals surface area contributed by atoms with Crippen molar-refractivity contribution < 1.29 is 17.6 Å². The van der Waals surface area contributed by atoms with Crippen LogP contribution in [0.25, 0.3) is 32.3 Å². The first-order chi connectivity index (χ1) is 26.0. The van der Waals surface area contributed by atoms with Crippen molar-refractivity contribution in [3.05, 3.63) is 167 Å². The molecular weight excluding hydrogens is 681 g/mol. The summed E-state index contributed by atoms with van der Waals surface area (Å²) in [4.78, 5) is 4.19. The maximum atomic E-state index is 14.4. The van der Waals surface area contributed by atoms with Crippen molar-refractivity contribution in [3.8, 4) is 0 Å². The van der Waals surface area contributed by atoms with E-state index in [0.29, 0.717) is 0 Å². The lowest BCUT2D eigenvalue weighted by Gasteiger charge is -2.37. The third-order valence-corrected chi connectivity index (χ3v) is 11.3. The number of benzene rings is 8. The van der Waals surface area contributed by atoms with Gasteiger partial charge in [-0.05, 0) is 172 Å². The Morgan fingerprint density at radius 2 is 0.907 bits per heavy atom. The van der Waals surface area contributed by atoms with Gasteiger partial charge in [-0.25, -0.2) is 17.6 Å². The number of hydrogen-bond acceptors (Lipinski definition) is 2. The van der Waals surface area contributed by atoms with E-state index in [-0.39, 0.29) is 34.6 Å². The van der Waals surface area contributed by atoms with Gasteiger partial charge < -0.3 is 9.80 Å². The normalized spacial score (nSPS) is 13.7. The molecule has 0 amide bonds. The van der Waals surface area contributed by atoms with Gasteiger partial charge >= 0.3 is 0 Å². The number of rotatable bonds is 7. The van der Waals surface area contributed by atoms with Gasteiger partial charge in [0, 0.05) is 38.9 Å². The zero-order valence-electron chi connectivity index (χ0n) is 30.5. The molecule has 1 aliphatic carbocycles. The number of nitrogens with zero attached hydrogens (tertiary/aromatic N) is 2. The molecule has 0 fully saturated rings. The van der Waals surface area contributed by atoms with E-state index < -0.39 is 0 Å². The molecule has 0 aliphatic heterocycles. The Labute approximate surface area is 312 Å². The summed E-state index contributed by atoms with van der Waals surface area (Å²) in [5.74, 6) is -1.20. The summed E-state index contributed by atoms with van der Waals surface area (Å²) < 4.78 is 57.5. The van der Waals surface area contributed by atoms with Crippen LogP contribution < -0.4 is 9.80 Å². The summed E-state index contributed by atoms with van der Waals surface area (Å²) in [6.45, 7) is 8.98. The van der Waals surface area contributed by atoms with Gasteiger partial charge in [0.2, 0.25) is 0 Å². The Morgan fingerprint density at radius 1 is 0.481 bits per heavy atom. The molecule has 6 heteroatoms. The highest BCUT2D eigenvalue weighted by Gasteiger charge is 2.34. The number of hydrogen-bond donors (Lipinski definition) is 0. The fourth-order valence-corrected chi connectivity index (χ4v) is 8.55. The summed E-state index contributed by atoms with van der Waals surface area (Å²) >= 11 is 0. The van der Waals surface area contributed by atoms with Crippen LogP contribution in [0.1, 0.15) is 56.7 Å². The molecule has 0 N–H and O–H groups in total. The SMILES string of the molecule is CC(C)c1cc(N(c2ccc(F)cc2)c2ccc(F)cc2)c2cc3c4c(cc(N(c5ccc(F)cc5)c5ccc(F)cc5)c5ccc1c2c54)CCC3(C)C. The Hall–Kier alpha value is -5.88. The Morgan fingerprint density at radius 3 is 1.35 bits per heavy atom. The summed E-state index contributed by atoms with van der Waals surface area (Å²) in [7, 11) is 0. The molecular formula is C48H38F4N2. The van der Waals surface area contributed by atoms with Gasteiger partial charge in [0.05, 0.1) is 11.4 Å². The quantitative estimate of drug-likeness (QED) is 0.120. The summed E-state index contributed by atoms with van der Waals surface area (Å²) in [6, 6.07) is 37.0. The van der Waals surface area contributed by atoms with E-state index in [1.807, 2.05) is 0 Å². The lowest BCUT2D eigenvalue weighted by molar-refractivity contribution is 0.475. The van der Waals surface area contributed by atoms with Crippen LogP contribution in [-0.4, -0.2) is 0 Å². The average Bonchev–Trinajstić information content (AvgIpc) is 3.16. The minimum Gasteiger partial charge on any atom is -0.310 e. The number of aryl methyl sites for hydroxylation is 1. The second kappa shape index (κ2) is 12.6. The predicted octanol–water partition coefficient (Wildman–Crippen LogP) is 14.4. The molecule has 54 heavy (non-hydrogen) atoms. The maximum Gasteiger partial charge on any atom is 0.123 e. The van der Waals surface area contributed by atoms with Crippen LogP contribution in [0.2, 0.25) is 0 Å². The van der Waals surface area contributed by atoms with Crippen molar-refractivity contribution in [2.45, 2.75) is 51.9 Å².